The van der Waals surface area contributed by atoms with Gasteiger partial charge in [-0.05, 0) is 12.5 Å². The van der Waals surface area contributed by atoms with Crippen LogP contribution in [0.1, 0.15) is 5.56 Å². The molecular weight excluding hydrogens is 264 g/mol. The summed E-state index contributed by atoms with van der Waals surface area (Å²) in [7, 11) is 0. The third kappa shape index (κ3) is 3.17. The number of rotatable bonds is 6. The van der Waals surface area contributed by atoms with Gasteiger partial charge in [-0.3, -0.25) is 20.2 Å². The molecule has 0 aliphatic heterocycles. The fourth-order valence-corrected chi connectivity index (χ4v) is 1.59. The molecule has 106 valence electrons. The van der Waals surface area contributed by atoms with Crippen molar-refractivity contribution in [2.45, 2.75) is 13.5 Å². The number of hydrogen-bond acceptors (Lipinski definition) is 8. The lowest BCUT2D eigenvalue weighted by Crippen LogP contribution is -2.15. The zero-order valence-corrected chi connectivity index (χ0v) is 10.8. The lowest BCUT2D eigenvalue weighted by atomic mass is 10.4. The van der Waals surface area contributed by atoms with E-state index in [0.29, 0.717) is 13.1 Å². The monoisotopic (exact) mass is 278 g/mol. The second kappa shape index (κ2) is 5.93. The molecule has 0 aliphatic rings. The van der Waals surface area contributed by atoms with E-state index in [0.717, 1.165) is 11.8 Å². The van der Waals surface area contributed by atoms with Gasteiger partial charge in [0, 0.05) is 12.7 Å². The highest BCUT2D eigenvalue weighted by molar-refractivity contribution is 5.56. The predicted octanol–water partition coefficient (Wildman–Crippen LogP) is 0.287. The summed E-state index contributed by atoms with van der Waals surface area (Å²) < 4.78 is 1.73. The molecule has 0 fully saturated rings. The molecule has 0 aromatic carbocycles. The lowest BCUT2D eigenvalue weighted by molar-refractivity contribution is -0.384. The van der Waals surface area contributed by atoms with Crippen LogP contribution in [-0.2, 0) is 6.54 Å². The number of nitrogens with one attached hydrogen (secondary N) is 2. The van der Waals surface area contributed by atoms with Crippen molar-refractivity contribution in [1.82, 2.24) is 19.7 Å². The molecule has 0 bridgehead atoms. The summed E-state index contributed by atoms with van der Waals surface area (Å²) in [5, 5.41) is 17.9. The van der Waals surface area contributed by atoms with Gasteiger partial charge in [-0.15, -0.1) is 0 Å². The maximum Gasteiger partial charge on any atom is 0.329 e. The minimum Gasteiger partial charge on any atom is -0.362 e. The van der Waals surface area contributed by atoms with Crippen molar-refractivity contribution in [3.63, 3.8) is 0 Å². The molecule has 20 heavy (non-hydrogen) atoms. The lowest BCUT2D eigenvalue weighted by Gasteiger charge is -2.07. The first-order valence-electron chi connectivity index (χ1n) is 5.81. The summed E-state index contributed by atoms with van der Waals surface area (Å²) in [5.41, 5.74) is 3.08. The van der Waals surface area contributed by atoms with Crippen LogP contribution in [0.15, 0.2) is 18.6 Å². The normalized spacial score (nSPS) is 10.3. The summed E-state index contributed by atoms with van der Waals surface area (Å²) in [6, 6.07) is 0. The van der Waals surface area contributed by atoms with Crippen LogP contribution in [0.2, 0.25) is 0 Å². The SMILES string of the molecule is Cc1cnn(CCNc2nc(NN)ncc2[N+](=O)[O-])c1. The minimum absolute atomic E-state index is 0.105. The molecule has 10 heteroatoms. The van der Waals surface area contributed by atoms with Crippen LogP contribution < -0.4 is 16.6 Å². The van der Waals surface area contributed by atoms with Crippen molar-refractivity contribution in [2.24, 2.45) is 5.84 Å². The van der Waals surface area contributed by atoms with E-state index in [9.17, 15) is 10.1 Å². The molecule has 0 saturated carbocycles. The van der Waals surface area contributed by atoms with Gasteiger partial charge in [0.15, 0.2) is 0 Å². The molecule has 0 spiro atoms. The van der Waals surface area contributed by atoms with E-state index in [4.69, 9.17) is 5.84 Å². The summed E-state index contributed by atoms with van der Waals surface area (Å²) >= 11 is 0. The standard InChI is InChI=1S/C10H14N8O2/c1-7-4-14-17(6-7)3-2-12-9-8(18(19)20)5-13-10(15-9)16-11/h4-6H,2-3,11H2,1H3,(H2,12,13,15,16). The van der Waals surface area contributed by atoms with Gasteiger partial charge in [0.2, 0.25) is 11.8 Å². The molecule has 2 rings (SSSR count). The van der Waals surface area contributed by atoms with Crippen LogP contribution in [0.25, 0.3) is 0 Å². The summed E-state index contributed by atoms with van der Waals surface area (Å²) in [6.45, 7) is 2.93. The van der Waals surface area contributed by atoms with Crippen molar-refractivity contribution in [3.05, 3.63) is 34.3 Å². The molecule has 0 unspecified atom stereocenters. The summed E-state index contributed by atoms with van der Waals surface area (Å²) in [4.78, 5) is 17.9. The Morgan fingerprint density at radius 3 is 2.90 bits per heavy atom. The second-order valence-electron chi connectivity index (χ2n) is 4.04. The van der Waals surface area contributed by atoms with Crippen molar-refractivity contribution in [3.8, 4) is 0 Å². The van der Waals surface area contributed by atoms with Crippen LogP contribution in [0, 0.1) is 17.0 Å². The van der Waals surface area contributed by atoms with Gasteiger partial charge in [0.1, 0.15) is 6.20 Å². The Morgan fingerprint density at radius 2 is 2.30 bits per heavy atom. The number of hydrogen-bond donors (Lipinski definition) is 3. The second-order valence-corrected chi connectivity index (χ2v) is 4.04. The number of nitro groups is 1. The number of aromatic nitrogens is 4. The summed E-state index contributed by atoms with van der Waals surface area (Å²) in [5.74, 6) is 5.40. The zero-order chi connectivity index (χ0) is 14.5. The molecule has 0 atom stereocenters. The predicted molar refractivity (Wildman–Crippen MR) is 72.0 cm³/mol. The molecule has 4 N–H and O–H groups in total. The molecule has 0 saturated heterocycles. The van der Waals surface area contributed by atoms with E-state index in [-0.39, 0.29) is 17.5 Å². The van der Waals surface area contributed by atoms with E-state index in [1.807, 2.05) is 13.1 Å². The van der Waals surface area contributed by atoms with Gasteiger partial charge in [0.25, 0.3) is 0 Å². The number of nitrogen functional groups attached to an aromatic ring is 1. The van der Waals surface area contributed by atoms with Crippen LogP contribution in [0.5, 0.6) is 0 Å². The van der Waals surface area contributed by atoms with Gasteiger partial charge in [-0.25, -0.2) is 10.8 Å². The first-order valence-corrected chi connectivity index (χ1v) is 5.81. The molecule has 0 aliphatic carbocycles. The largest absolute Gasteiger partial charge is 0.362 e. The number of aryl methyl sites for hydroxylation is 1. The molecule has 2 aromatic rings. The quantitative estimate of drug-likeness (QED) is 0.389. The highest BCUT2D eigenvalue weighted by Gasteiger charge is 2.16. The van der Waals surface area contributed by atoms with E-state index in [1.165, 1.54) is 0 Å². The van der Waals surface area contributed by atoms with Crippen molar-refractivity contribution in [2.75, 3.05) is 17.3 Å². The van der Waals surface area contributed by atoms with Crippen molar-refractivity contribution >= 4 is 17.5 Å². The molecule has 2 aromatic heterocycles. The number of nitrogens with two attached hydrogens (primary N) is 1. The Morgan fingerprint density at radius 1 is 1.50 bits per heavy atom. The maximum atomic E-state index is 10.9. The van der Waals surface area contributed by atoms with Gasteiger partial charge >= 0.3 is 5.69 Å². The Kier molecular flexibility index (Phi) is 4.05. The van der Waals surface area contributed by atoms with Crippen molar-refractivity contribution in [1.29, 1.82) is 0 Å². The van der Waals surface area contributed by atoms with Crippen molar-refractivity contribution < 1.29 is 4.92 Å². The van der Waals surface area contributed by atoms with E-state index < -0.39 is 4.92 Å². The minimum atomic E-state index is -0.555. The van der Waals surface area contributed by atoms with Gasteiger partial charge in [0.05, 0.1) is 17.7 Å². The maximum absolute atomic E-state index is 10.9. The van der Waals surface area contributed by atoms with E-state index in [1.54, 1.807) is 10.9 Å². The van der Waals surface area contributed by atoms with Gasteiger partial charge in [-0.2, -0.15) is 10.1 Å². The average molecular weight is 278 g/mol. The first kappa shape index (κ1) is 13.7. The Bertz CT molecular complexity index is 611. The number of nitrogens with zero attached hydrogens (tertiary/aromatic N) is 5. The van der Waals surface area contributed by atoms with Gasteiger partial charge in [-0.1, -0.05) is 0 Å². The van der Waals surface area contributed by atoms with Crippen LogP contribution in [0.3, 0.4) is 0 Å². The molecular formula is C10H14N8O2. The topological polar surface area (TPSA) is 137 Å². The number of anilines is 2. The Balaban J connectivity index is 2.05. The molecule has 0 radical (unpaired) electrons. The summed E-state index contributed by atoms with van der Waals surface area (Å²) in [6.07, 6.45) is 4.72. The Labute approximate surface area is 114 Å². The van der Waals surface area contributed by atoms with E-state index in [2.05, 4.69) is 25.8 Å². The third-order valence-electron chi connectivity index (χ3n) is 2.49. The third-order valence-corrected chi connectivity index (χ3v) is 2.49. The van der Waals surface area contributed by atoms with Gasteiger partial charge < -0.3 is 5.32 Å². The van der Waals surface area contributed by atoms with E-state index >= 15 is 0 Å². The first-order chi connectivity index (χ1) is 9.60. The smallest absolute Gasteiger partial charge is 0.329 e. The molecule has 10 nitrogen and oxygen atoms in total. The fraction of sp³-hybridized carbons (Fsp3) is 0.300. The molecule has 2 heterocycles. The Hall–Kier alpha value is -2.75. The highest BCUT2D eigenvalue weighted by Crippen LogP contribution is 2.21. The van der Waals surface area contributed by atoms with Crippen LogP contribution in [0.4, 0.5) is 17.5 Å². The average Bonchev–Trinajstić information content (AvgIpc) is 2.84. The number of hydrazine groups is 1. The van der Waals surface area contributed by atoms with Crippen LogP contribution in [-0.4, -0.2) is 31.2 Å². The molecule has 0 amide bonds. The highest BCUT2D eigenvalue weighted by atomic mass is 16.6. The zero-order valence-electron chi connectivity index (χ0n) is 10.8. The fourth-order valence-electron chi connectivity index (χ4n) is 1.59. The van der Waals surface area contributed by atoms with Crippen LogP contribution >= 0.6 is 0 Å².